The zero-order valence-electron chi connectivity index (χ0n) is 20.9. The first-order valence-corrected chi connectivity index (χ1v) is 13.0. The molecule has 2 saturated heterocycles. The summed E-state index contributed by atoms with van der Waals surface area (Å²) in [5.41, 5.74) is 1.82. The SMILES string of the molecule is NC(=O)CN1CCN([C@@H]2CCN(C(=O)Cc3ncc(C(F)(F)F)cc3C(F)(F)F)[C@@H]2c2cccc(Cl)c2Cl)CC1. The number of rotatable bonds is 6. The number of nitrogens with zero attached hydrogens (tertiary/aromatic N) is 4. The van der Waals surface area contributed by atoms with Crippen molar-refractivity contribution in [2.24, 2.45) is 5.73 Å². The molecule has 3 heterocycles. The molecule has 0 spiro atoms. The average Bonchev–Trinajstić information content (AvgIpc) is 3.30. The molecule has 2 amide bonds. The topological polar surface area (TPSA) is 82.8 Å². The summed E-state index contributed by atoms with van der Waals surface area (Å²) in [6.45, 7) is 2.41. The summed E-state index contributed by atoms with van der Waals surface area (Å²) in [5.74, 6) is -1.20. The van der Waals surface area contributed by atoms with Crippen LogP contribution >= 0.6 is 23.2 Å². The predicted octanol–water partition coefficient (Wildman–Crippen LogP) is 4.41. The summed E-state index contributed by atoms with van der Waals surface area (Å²) < 4.78 is 80.3. The zero-order chi connectivity index (χ0) is 29.4. The van der Waals surface area contributed by atoms with E-state index in [0.717, 1.165) is 0 Å². The van der Waals surface area contributed by atoms with Gasteiger partial charge in [0.15, 0.2) is 0 Å². The second-order valence-corrected chi connectivity index (χ2v) is 10.5. The van der Waals surface area contributed by atoms with E-state index in [1.54, 1.807) is 18.2 Å². The molecule has 4 rings (SSSR count). The van der Waals surface area contributed by atoms with Gasteiger partial charge in [0.1, 0.15) is 0 Å². The molecule has 2 N–H and O–H groups in total. The van der Waals surface area contributed by atoms with Crippen molar-refractivity contribution in [1.29, 1.82) is 0 Å². The van der Waals surface area contributed by atoms with Crippen LogP contribution in [0.5, 0.6) is 0 Å². The highest BCUT2D eigenvalue weighted by Gasteiger charge is 2.44. The van der Waals surface area contributed by atoms with E-state index in [9.17, 15) is 35.9 Å². The molecular weight excluding hydrogens is 587 g/mol. The lowest BCUT2D eigenvalue weighted by atomic mass is 9.97. The molecule has 2 fully saturated rings. The predicted molar refractivity (Wildman–Crippen MR) is 134 cm³/mol. The summed E-state index contributed by atoms with van der Waals surface area (Å²) in [6, 6.07) is 3.89. The Morgan fingerprint density at radius 3 is 2.27 bits per heavy atom. The molecule has 7 nitrogen and oxygen atoms in total. The quantitative estimate of drug-likeness (QED) is 0.489. The summed E-state index contributed by atoms with van der Waals surface area (Å²) in [4.78, 5) is 33.6. The first-order chi connectivity index (χ1) is 18.7. The van der Waals surface area contributed by atoms with E-state index in [0.29, 0.717) is 44.4 Å². The molecule has 2 aliphatic heterocycles. The lowest BCUT2D eigenvalue weighted by Crippen LogP contribution is -2.53. The highest BCUT2D eigenvalue weighted by atomic mass is 35.5. The van der Waals surface area contributed by atoms with Crippen LogP contribution in [0.3, 0.4) is 0 Å². The Kier molecular flexibility index (Phi) is 8.88. The van der Waals surface area contributed by atoms with Gasteiger partial charge in [0, 0.05) is 45.0 Å². The van der Waals surface area contributed by atoms with Gasteiger partial charge in [-0.2, -0.15) is 26.3 Å². The largest absolute Gasteiger partial charge is 0.418 e. The van der Waals surface area contributed by atoms with Crippen LogP contribution in [0.1, 0.15) is 34.8 Å². The molecule has 0 unspecified atom stereocenters. The number of carbonyl (C=O) groups excluding carboxylic acids is 2. The minimum atomic E-state index is -5.16. The van der Waals surface area contributed by atoms with E-state index in [1.165, 1.54) is 4.90 Å². The van der Waals surface area contributed by atoms with E-state index in [-0.39, 0.29) is 35.2 Å². The zero-order valence-corrected chi connectivity index (χ0v) is 22.4. The van der Waals surface area contributed by atoms with Gasteiger partial charge >= 0.3 is 12.4 Å². The van der Waals surface area contributed by atoms with E-state index >= 15 is 0 Å². The van der Waals surface area contributed by atoms with Crippen molar-refractivity contribution in [2.45, 2.75) is 37.3 Å². The van der Waals surface area contributed by atoms with Crippen molar-refractivity contribution >= 4 is 35.0 Å². The van der Waals surface area contributed by atoms with Crippen molar-refractivity contribution in [3.8, 4) is 0 Å². The number of carbonyl (C=O) groups is 2. The lowest BCUT2D eigenvalue weighted by molar-refractivity contribution is -0.144. The molecule has 218 valence electrons. The van der Waals surface area contributed by atoms with Gasteiger partial charge in [-0.3, -0.25) is 24.4 Å². The van der Waals surface area contributed by atoms with E-state index < -0.39 is 53.5 Å². The Labute approximate surface area is 235 Å². The van der Waals surface area contributed by atoms with Gasteiger partial charge < -0.3 is 10.6 Å². The molecule has 2 aromatic rings. The summed E-state index contributed by atoms with van der Waals surface area (Å²) >= 11 is 12.8. The molecule has 1 aromatic heterocycles. The van der Waals surface area contributed by atoms with Crippen molar-refractivity contribution in [1.82, 2.24) is 19.7 Å². The monoisotopic (exact) mass is 611 g/mol. The number of hydrogen-bond acceptors (Lipinski definition) is 5. The number of likely N-dealkylation sites (tertiary alicyclic amines) is 1. The maximum atomic E-state index is 13.7. The van der Waals surface area contributed by atoms with Crippen LogP contribution in [-0.4, -0.2) is 76.8 Å². The molecule has 2 atom stereocenters. The number of aromatic nitrogens is 1. The van der Waals surface area contributed by atoms with Crippen molar-refractivity contribution in [3.63, 3.8) is 0 Å². The molecule has 15 heteroatoms. The minimum absolute atomic E-state index is 0.0285. The summed E-state index contributed by atoms with van der Waals surface area (Å²) in [7, 11) is 0. The van der Waals surface area contributed by atoms with Gasteiger partial charge in [0.2, 0.25) is 11.8 Å². The van der Waals surface area contributed by atoms with Crippen LogP contribution in [0.25, 0.3) is 0 Å². The van der Waals surface area contributed by atoms with Gasteiger partial charge in [0.25, 0.3) is 0 Å². The third kappa shape index (κ3) is 6.64. The van der Waals surface area contributed by atoms with Crippen LogP contribution in [0.2, 0.25) is 10.0 Å². The number of nitrogens with two attached hydrogens (primary N) is 1. The maximum absolute atomic E-state index is 13.7. The van der Waals surface area contributed by atoms with Crippen LogP contribution < -0.4 is 5.73 Å². The van der Waals surface area contributed by atoms with Crippen molar-refractivity contribution in [3.05, 3.63) is 62.9 Å². The van der Waals surface area contributed by atoms with Gasteiger partial charge in [0.05, 0.1) is 45.9 Å². The number of amides is 2. The second kappa shape index (κ2) is 11.7. The first-order valence-electron chi connectivity index (χ1n) is 12.3. The van der Waals surface area contributed by atoms with Crippen LogP contribution in [-0.2, 0) is 28.4 Å². The van der Waals surface area contributed by atoms with E-state index in [1.807, 2.05) is 4.90 Å². The Bertz CT molecular complexity index is 1270. The molecular formula is C25H25Cl2F6N5O2. The molecule has 0 aliphatic carbocycles. The third-order valence-electron chi connectivity index (χ3n) is 7.16. The fraction of sp³-hybridized carbons (Fsp3) is 0.480. The number of piperazine rings is 1. The summed E-state index contributed by atoms with van der Waals surface area (Å²) in [6.07, 6.45) is -10.3. The standard InChI is InChI=1S/C25H25Cl2F6N5O2/c26-17-3-1-2-15(22(17)27)23-19(37-8-6-36(7-9-37)13-20(34)39)4-5-38(23)21(40)11-18-16(25(31,32)33)10-14(12-35-18)24(28,29)30/h1-3,10,12,19,23H,4-9,11,13H2,(H2,34,39)/t19-,23-/m1/s1. The number of hydrogen-bond donors (Lipinski definition) is 1. The molecule has 0 bridgehead atoms. The molecule has 1 aromatic carbocycles. The van der Waals surface area contributed by atoms with Gasteiger partial charge in [-0.1, -0.05) is 35.3 Å². The van der Waals surface area contributed by atoms with E-state index in [2.05, 4.69) is 9.88 Å². The van der Waals surface area contributed by atoms with Crippen LogP contribution in [0.15, 0.2) is 30.5 Å². The number of primary amides is 1. The summed E-state index contributed by atoms with van der Waals surface area (Å²) in [5, 5.41) is 0.419. The third-order valence-corrected chi connectivity index (χ3v) is 8.00. The van der Waals surface area contributed by atoms with Crippen LogP contribution in [0, 0.1) is 0 Å². The smallest absolute Gasteiger partial charge is 0.369 e. The maximum Gasteiger partial charge on any atom is 0.418 e. The highest BCUT2D eigenvalue weighted by Crippen LogP contribution is 2.42. The van der Waals surface area contributed by atoms with Gasteiger partial charge in [-0.25, -0.2) is 0 Å². The molecule has 40 heavy (non-hydrogen) atoms. The number of benzene rings is 1. The minimum Gasteiger partial charge on any atom is -0.369 e. The van der Waals surface area contributed by atoms with Crippen molar-refractivity contribution < 1.29 is 35.9 Å². The highest BCUT2D eigenvalue weighted by molar-refractivity contribution is 6.42. The Balaban J connectivity index is 1.64. The number of pyridine rings is 1. The van der Waals surface area contributed by atoms with Crippen LogP contribution in [0.4, 0.5) is 26.3 Å². The van der Waals surface area contributed by atoms with Gasteiger partial charge in [-0.05, 0) is 24.1 Å². The Morgan fingerprint density at radius 2 is 1.68 bits per heavy atom. The molecule has 0 radical (unpaired) electrons. The van der Waals surface area contributed by atoms with Crippen molar-refractivity contribution in [2.75, 3.05) is 39.3 Å². The fourth-order valence-corrected chi connectivity index (χ4v) is 5.73. The molecule has 0 saturated carbocycles. The Hall–Kier alpha value is -2.61. The number of alkyl halides is 6. The van der Waals surface area contributed by atoms with E-state index in [4.69, 9.17) is 28.9 Å². The lowest BCUT2D eigenvalue weighted by Gasteiger charge is -2.41. The second-order valence-electron chi connectivity index (χ2n) is 9.70. The van der Waals surface area contributed by atoms with Gasteiger partial charge in [-0.15, -0.1) is 0 Å². The molecule has 2 aliphatic rings. The normalized spacial score (nSPS) is 21.1. The Morgan fingerprint density at radius 1 is 1.00 bits per heavy atom. The first kappa shape index (κ1) is 30.4. The average molecular weight is 612 g/mol. The fourth-order valence-electron chi connectivity index (χ4n) is 5.31. The number of halogens is 8.